The van der Waals surface area contributed by atoms with Crippen molar-refractivity contribution in [1.29, 1.82) is 0 Å². The van der Waals surface area contributed by atoms with Gasteiger partial charge in [0.2, 0.25) is 0 Å². The van der Waals surface area contributed by atoms with E-state index in [0.29, 0.717) is 0 Å². The molecule has 0 aliphatic carbocycles. The molecule has 2 heterocycles. The zero-order chi connectivity index (χ0) is 15.3. The van der Waals surface area contributed by atoms with Crippen LogP contribution in [0.4, 0.5) is 0 Å². The molecule has 0 N–H and O–H groups in total. The molecule has 110 valence electrons. The van der Waals surface area contributed by atoms with E-state index in [1.54, 1.807) is 6.33 Å². The fourth-order valence-corrected chi connectivity index (χ4v) is 2.44. The van der Waals surface area contributed by atoms with Crippen molar-refractivity contribution in [2.24, 2.45) is 0 Å². The zero-order valence-electron chi connectivity index (χ0n) is 12.6. The molecule has 2 aromatic rings. The third kappa shape index (κ3) is 2.68. The number of hydrogen-bond acceptors (Lipinski definition) is 3. The summed E-state index contributed by atoms with van der Waals surface area (Å²) in [7, 11) is -0.424. The highest BCUT2D eigenvalue weighted by Gasteiger charge is 2.52. The van der Waals surface area contributed by atoms with Crippen molar-refractivity contribution in [2.75, 3.05) is 0 Å². The summed E-state index contributed by atoms with van der Waals surface area (Å²) in [4.78, 5) is 4.43. The lowest BCUT2D eigenvalue weighted by molar-refractivity contribution is 0.00578. The molecule has 0 atom stereocenters. The van der Waals surface area contributed by atoms with Crippen molar-refractivity contribution in [3.8, 4) is 5.69 Å². The number of rotatable bonds is 2. The SMILES string of the molecule is CC1(C)OB(c2cn(-c3ccc(Br)cc3)cn2)OC1(C)C. The Morgan fingerprint density at radius 2 is 1.62 bits per heavy atom. The van der Waals surface area contributed by atoms with E-state index in [0.717, 1.165) is 15.8 Å². The Labute approximate surface area is 133 Å². The molecule has 0 saturated carbocycles. The minimum absolute atomic E-state index is 0.348. The van der Waals surface area contributed by atoms with Crippen LogP contribution in [0.5, 0.6) is 0 Å². The first kappa shape index (κ1) is 14.8. The Morgan fingerprint density at radius 3 is 2.19 bits per heavy atom. The van der Waals surface area contributed by atoms with Gasteiger partial charge in [-0.3, -0.25) is 0 Å². The van der Waals surface area contributed by atoms with Gasteiger partial charge in [-0.1, -0.05) is 15.9 Å². The molecule has 0 radical (unpaired) electrons. The smallest absolute Gasteiger partial charge is 0.398 e. The third-order valence-corrected chi connectivity index (χ3v) is 4.75. The van der Waals surface area contributed by atoms with Gasteiger partial charge in [0.1, 0.15) is 0 Å². The molecular weight excluding hydrogens is 331 g/mol. The first-order valence-corrected chi connectivity index (χ1v) is 7.73. The van der Waals surface area contributed by atoms with Crippen molar-refractivity contribution < 1.29 is 9.31 Å². The fourth-order valence-electron chi connectivity index (χ4n) is 2.18. The monoisotopic (exact) mass is 348 g/mol. The summed E-state index contributed by atoms with van der Waals surface area (Å²) in [6.07, 6.45) is 3.73. The van der Waals surface area contributed by atoms with Gasteiger partial charge in [0, 0.05) is 16.4 Å². The van der Waals surface area contributed by atoms with Crippen LogP contribution in [0.1, 0.15) is 27.7 Å². The minimum atomic E-state index is -0.424. The first-order chi connectivity index (χ1) is 9.78. The number of aromatic nitrogens is 2. The van der Waals surface area contributed by atoms with Gasteiger partial charge in [0.15, 0.2) is 0 Å². The average molecular weight is 349 g/mol. The molecule has 6 heteroatoms. The Balaban J connectivity index is 1.85. The summed E-state index contributed by atoms with van der Waals surface area (Å²) < 4.78 is 15.0. The largest absolute Gasteiger partial charge is 0.516 e. The van der Waals surface area contributed by atoms with Crippen LogP contribution in [0.3, 0.4) is 0 Å². The van der Waals surface area contributed by atoms with Gasteiger partial charge < -0.3 is 13.9 Å². The van der Waals surface area contributed by atoms with Crippen LogP contribution in [0, 0.1) is 0 Å². The maximum atomic E-state index is 6.01. The molecule has 0 unspecified atom stereocenters. The van der Waals surface area contributed by atoms with E-state index < -0.39 is 7.12 Å². The number of nitrogens with zero attached hydrogens (tertiary/aromatic N) is 2. The van der Waals surface area contributed by atoms with Crippen LogP contribution in [-0.4, -0.2) is 27.9 Å². The molecule has 21 heavy (non-hydrogen) atoms. The summed E-state index contributed by atoms with van der Waals surface area (Å²) in [6.45, 7) is 8.16. The summed E-state index contributed by atoms with van der Waals surface area (Å²) in [5.74, 6) is 0. The topological polar surface area (TPSA) is 36.3 Å². The lowest BCUT2D eigenvalue weighted by Gasteiger charge is -2.32. The zero-order valence-corrected chi connectivity index (χ0v) is 14.2. The van der Waals surface area contributed by atoms with Gasteiger partial charge in [0.25, 0.3) is 0 Å². The van der Waals surface area contributed by atoms with Crippen molar-refractivity contribution in [3.05, 3.63) is 41.3 Å². The second-order valence-electron chi connectivity index (χ2n) is 6.27. The van der Waals surface area contributed by atoms with Crippen LogP contribution in [0.2, 0.25) is 0 Å². The highest BCUT2D eigenvalue weighted by Crippen LogP contribution is 2.36. The van der Waals surface area contributed by atoms with Crippen molar-refractivity contribution in [2.45, 2.75) is 38.9 Å². The second-order valence-corrected chi connectivity index (χ2v) is 7.19. The van der Waals surface area contributed by atoms with Gasteiger partial charge >= 0.3 is 7.12 Å². The van der Waals surface area contributed by atoms with Gasteiger partial charge in [-0.15, -0.1) is 0 Å². The molecule has 1 saturated heterocycles. The Bertz CT molecular complexity index is 636. The molecule has 3 rings (SSSR count). The van der Waals surface area contributed by atoms with E-state index in [4.69, 9.17) is 9.31 Å². The maximum absolute atomic E-state index is 6.01. The van der Waals surface area contributed by atoms with E-state index in [1.807, 2.05) is 62.7 Å². The third-order valence-electron chi connectivity index (χ3n) is 4.22. The summed E-state index contributed by atoms with van der Waals surface area (Å²) in [6, 6.07) is 8.06. The van der Waals surface area contributed by atoms with Crippen molar-refractivity contribution in [1.82, 2.24) is 9.55 Å². The molecular formula is C15H18BBrN2O2. The molecule has 0 bridgehead atoms. The fraction of sp³-hybridized carbons (Fsp3) is 0.400. The number of halogens is 1. The summed E-state index contributed by atoms with van der Waals surface area (Å²) in [5, 5.41) is 0. The van der Waals surface area contributed by atoms with E-state index in [9.17, 15) is 0 Å². The van der Waals surface area contributed by atoms with Gasteiger partial charge in [0.05, 0.1) is 23.1 Å². The van der Waals surface area contributed by atoms with E-state index in [1.165, 1.54) is 0 Å². The Morgan fingerprint density at radius 1 is 1.05 bits per heavy atom. The molecule has 1 aliphatic heterocycles. The van der Waals surface area contributed by atoms with Crippen LogP contribution in [0.15, 0.2) is 41.3 Å². The van der Waals surface area contributed by atoms with Gasteiger partial charge in [-0.2, -0.15) is 0 Å². The van der Waals surface area contributed by atoms with Gasteiger partial charge in [-0.25, -0.2) is 4.98 Å². The Hall–Kier alpha value is -1.11. The predicted molar refractivity (Wildman–Crippen MR) is 87.0 cm³/mol. The molecule has 0 amide bonds. The average Bonchev–Trinajstić information content (AvgIpc) is 2.94. The molecule has 1 aliphatic rings. The lowest BCUT2D eigenvalue weighted by atomic mass is 9.86. The second kappa shape index (κ2) is 4.97. The number of hydrogen-bond donors (Lipinski definition) is 0. The van der Waals surface area contributed by atoms with E-state index in [-0.39, 0.29) is 11.2 Å². The van der Waals surface area contributed by atoms with Gasteiger partial charge in [-0.05, 0) is 52.0 Å². The molecule has 1 aromatic carbocycles. The first-order valence-electron chi connectivity index (χ1n) is 6.94. The molecule has 1 fully saturated rings. The predicted octanol–water partition coefficient (Wildman–Crippen LogP) is 2.93. The number of imidazole rings is 1. The van der Waals surface area contributed by atoms with Crippen LogP contribution in [0.25, 0.3) is 5.69 Å². The molecule has 0 spiro atoms. The minimum Gasteiger partial charge on any atom is -0.398 e. The van der Waals surface area contributed by atoms with Crippen LogP contribution < -0.4 is 5.59 Å². The quantitative estimate of drug-likeness (QED) is 0.783. The van der Waals surface area contributed by atoms with Crippen molar-refractivity contribution >= 4 is 28.6 Å². The normalized spacial score (nSPS) is 20.0. The highest BCUT2D eigenvalue weighted by atomic mass is 79.9. The number of benzene rings is 1. The highest BCUT2D eigenvalue weighted by molar-refractivity contribution is 9.10. The molecule has 4 nitrogen and oxygen atoms in total. The summed E-state index contributed by atoms with van der Waals surface area (Å²) >= 11 is 3.44. The van der Waals surface area contributed by atoms with E-state index in [2.05, 4.69) is 20.9 Å². The Kier molecular flexibility index (Phi) is 3.51. The lowest BCUT2D eigenvalue weighted by Crippen LogP contribution is -2.41. The molecule has 1 aromatic heterocycles. The standard InChI is InChI=1S/C15H18BBrN2O2/c1-14(2)15(3,4)21-16(20-14)13-9-19(10-18-13)12-7-5-11(17)6-8-12/h5-10H,1-4H3. The van der Waals surface area contributed by atoms with Crippen molar-refractivity contribution in [3.63, 3.8) is 0 Å². The summed E-state index contributed by atoms with van der Waals surface area (Å²) in [5.41, 5.74) is 1.14. The van der Waals surface area contributed by atoms with E-state index >= 15 is 0 Å². The van der Waals surface area contributed by atoms with Crippen LogP contribution >= 0.6 is 15.9 Å². The van der Waals surface area contributed by atoms with Crippen LogP contribution in [-0.2, 0) is 9.31 Å². The maximum Gasteiger partial charge on any atom is 0.516 e.